The fraction of sp³-hybridized carbons (Fsp3) is 0.818. The zero-order valence-corrected chi connectivity index (χ0v) is 11.3. The Hall–Kier alpha value is -0.590. The lowest BCUT2D eigenvalue weighted by molar-refractivity contribution is -0.124. The molecule has 5 nitrogen and oxygen atoms in total. The number of hydrogen-bond acceptors (Lipinski definition) is 5. The van der Waals surface area contributed by atoms with Crippen molar-refractivity contribution >= 4 is 24.3 Å². The Labute approximate surface area is 108 Å². The Morgan fingerprint density at radius 2 is 1.88 bits per heavy atom. The van der Waals surface area contributed by atoms with Crippen molar-refractivity contribution in [1.82, 2.24) is 5.32 Å². The van der Waals surface area contributed by atoms with Crippen LogP contribution in [0.5, 0.6) is 0 Å². The summed E-state index contributed by atoms with van der Waals surface area (Å²) >= 11 is 4.04. The lowest BCUT2D eigenvalue weighted by Crippen LogP contribution is -2.32. The molecule has 6 heteroatoms. The monoisotopic (exact) mass is 263 g/mol. The fourth-order valence-electron chi connectivity index (χ4n) is 0.939. The van der Waals surface area contributed by atoms with Crippen LogP contribution in [0.25, 0.3) is 0 Å². The highest BCUT2D eigenvalue weighted by Gasteiger charge is 2.09. The molecule has 0 aliphatic carbocycles. The van der Waals surface area contributed by atoms with Crippen molar-refractivity contribution in [3.05, 3.63) is 0 Å². The third kappa shape index (κ3) is 10.3. The highest BCUT2D eigenvalue weighted by molar-refractivity contribution is 7.80. The van der Waals surface area contributed by atoms with Gasteiger partial charge in [0.05, 0.1) is 19.8 Å². The normalized spacial score (nSPS) is 12.2. The molecule has 1 amide bonds. The van der Waals surface area contributed by atoms with E-state index in [1.54, 1.807) is 0 Å². The van der Waals surface area contributed by atoms with Crippen molar-refractivity contribution in [2.75, 3.05) is 38.7 Å². The van der Waals surface area contributed by atoms with Gasteiger partial charge in [0.1, 0.15) is 6.61 Å². The fourth-order valence-corrected chi connectivity index (χ4v) is 1.11. The molecule has 100 valence electrons. The predicted octanol–water partition coefficient (Wildman–Crippen LogP) is 0.291. The van der Waals surface area contributed by atoms with E-state index in [1.165, 1.54) is 6.92 Å². The van der Waals surface area contributed by atoms with Crippen molar-refractivity contribution < 1.29 is 19.1 Å². The number of carbonyl (C=O) groups is 2. The number of nitrogens with one attached hydrogen (secondary N) is 1. The van der Waals surface area contributed by atoms with Crippen LogP contribution in [0.3, 0.4) is 0 Å². The summed E-state index contributed by atoms with van der Waals surface area (Å²) in [4.78, 5) is 21.8. The molecular formula is C11H21NO4S. The van der Waals surface area contributed by atoms with Gasteiger partial charge < -0.3 is 14.8 Å². The largest absolute Gasteiger partial charge is 0.377 e. The van der Waals surface area contributed by atoms with E-state index in [9.17, 15) is 9.59 Å². The van der Waals surface area contributed by atoms with Crippen LogP contribution in [0.4, 0.5) is 0 Å². The minimum atomic E-state index is -0.0859. The van der Waals surface area contributed by atoms with Crippen molar-refractivity contribution in [2.45, 2.75) is 13.8 Å². The summed E-state index contributed by atoms with van der Waals surface area (Å²) < 4.78 is 10.2. The topological polar surface area (TPSA) is 64.6 Å². The molecular weight excluding hydrogens is 242 g/mol. The molecule has 0 aliphatic rings. The van der Waals surface area contributed by atoms with Crippen LogP contribution in [-0.2, 0) is 19.1 Å². The Bertz CT molecular complexity index is 236. The second kappa shape index (κ2) is 10.6. The molecule has 0 spiro atoms. The summed E-state index contributed by atoms with van der Waals surface area (Å²) in [7, 11) is 0. The van der Waals surface area contributed by atoms with Gasteiger partial charge in [-0.05, 0) is 6.92 Å². The summed E-state index contributed by atoms with van der Waals surface area (Å²) in [5.74, 6) is 0.428. The van der Waals surface area contributed by atoms with E-state index in [4.69, 9.17) is 9.47 Å². The molecule has 0 saturated carbocycles. The SMILES string of the molecule is CC(=O)COCCOCCNC(=O)C(C)CS. The third-order valence-corrected chi connectivity index (χ3v) is 2.49. The van der Waals surface area contributed by atoms with Gasteiger partial charge in [-0.15, -0.1) is 0 Å². The van der Waals surface area contributed by atoms with Crippen LogP contribution >= 0.6 is 12.6 Å². The predicted molar refractivity (Wildman–Crippen MR) is 68.3 cm³/mol. The minimum absolute atomic E-state index is 0.00185. The molecule has 17 heavy (non-hydrogen) atoms. The first-order valence-electron chi connectivity index (χ1n) is 5.61. The molecule has 0 aliphatic heterocycles. The van der Waals surface area contributed by atoms with Crippen molar-refractivity contribution in [1.29, 1.82) is 0 Å². The molecule has 0 bridgehead atoms. The summed E-state index contributed by atoms with van der Waals surface area (Å²) in [5, 5.41) is 2.73. The number of Topliss-reactive ketones (excluding diaryl/α,β-unsaturated/α-hetero) is 1. The van der Waals surface area contributed by atoms with Gasteiger partial charge in [-0.25, -0.2) is 0 Å². The van der Waals surface area contributed by atoms with Gasteiger partial charge in [0, 0.05) is 18.2 Å². The van der Waals surface area contributed by atoms with Gasteiger partial charge in [-0.1, -0.05) is 6.92 Å². The molecule has 1 unspecified atom stereocenters. The van der Waals surface area contributed by atoms with Gasteiger partial charge in [-0.3, -0.25) is 9.59 Å². The molecule has 0 aromatic heterocycles. The van der Waals surface area contributed by atoms with E-state index in [0.29, 0.717) is 32.1 Å². The Morgan fingerprint density at radius 1 is 1.24 bits per heavy atom. The van der Waals surface area contributed by atoms with Crippen molar-refractivity contribution in [3.8, 4) is 0 Å². The van der Waals surface area contributed by atoms with Crippen LogP contribution in [0.2, 0.25) is 0 Å². The molecule has 0 radical (unpaired) electrons. The zero-order chi connectivity index (χ0) is 13.1. The zero-order valence-electron chi connectivity index (χ0n) is 10.4. The van der Waals surface area contributed by atoms with Crippen LogP contribution in [-0.4, -0.2) is 50.4 Å². The maximum Gasteiger partial charge on any atom is 0.223 e. The molecule has 0 saturated heterocycles. The van der Waals surface area contributed by atoms with Crippen molar-refractivity contribution in [2.24, 2.45) is 5.92 Å². The molecule has 0 fully saturated rings. The highest BCUT2D eigenvalue weighted by Crippen LogP contribution is 1.96. The lowest BCUT2D eigenvalue weighted by Gasteiger charge is -2.09. The second-order valence-electron chi connectivity index (χ2n) is 3.74. The molecule has 0 rings (SSSR count). The number of amides is 1. The number of ether oxygens (including phenoxy) is 2. The number of hydrogen-bond donors (Lipinski definition) is 2. The third-order valence-electron chi connectivity index (χ3n) is 1.94. The van der Waals surface area contributed by atoms with E-state index < -0.39 is 0 Å². The van der Waals surface area contributed by atoms with Crippen LogP contribution in [0, 0.1) is 5.92 Å². The Balaban J connectivity index is 3.24. The Morgan fingerprint density at radius 3 is 2.47 bits per heavy atom. The first kappa shape index (κ1) is 16.4. The van der Waals surface area contributed by atoms with Gasteiger partial charge in [0.25, 0.3) is 0 Å². The molecule has 1 N–H and O–H groups in total. The first-order chi connectivity index (χ1) is 8.07. The molecule has 1 atom stereocenters. The Kier molecular flexibility index (Phi) is 10.2. The summed E-state index contributed by atoms with van der Waals surface area (Å²) in [6.07, 6.45) is 0. The van der Waals surface area contributed by atoms with Gasteiger partial charge in [0.15, 0.2) is 5.78 Å². The average molecular weight is 263 g/mol. The number of rotatable bonds is 10. The van der Waals surface area contributed by atoms with E-state index >= 15 is 0 Å². The van der Waals surface area contributed by atoms with E-state index in [2.05, 4.69) is 17.9 Å². The lowest BCUT2D eigenvalue weighted by atomic mass is 10.2. The standard InChI is InChI=1S/C11H21NO4S/c1-9(8-17)11(14)12-3-4-15-5-6-16-7-10(2)13/h9,17H,3-8H2,1-2H3,(H,12,14). The van der Waals surface area contributed by atoms with Crippen LogP contribution in [0.1, 0.15) is 13.8 Å². The average Bonchev–Trinajstić information content (AvgIpc) is 2.30. The maximum absolute atomic E-state index is 11.3. The quantitative estimate of drug-likeness (QED) is 0.439. The van der Waals surface area contributed by atoms with Gasteiger partial charge >= 0.3 is 0 Å². The van der Waals surface area contributed by atoms with Crippen LogP contribution < -0.4 is 5.32 Å². The van der Waals surface area contributed by atoms with Gasteiger partial charge in [0.2, 0.25) is 5.91 Å². The molecule has 0 heterocycles. The minimum Gasteiger partial charge on any atom is -0.377 e. The smallest absolute Gasteiger partial charge is 0.223 e. The summed E-state index contributed by atoms with van der Waals surface area (Å²) in [6.45, 7) is 5.14. The van der Waals surface area contributed by atoms with E-state index in [1.807, 2.05) is 6.92 Å². The van der Waals surface area contributed by atoms with E-state index in [0.717, 1.165) is 0 Å². The molecule has 0 aromatic carbocycles. The van der Waals surface area contributed by atoms with E-state index in [-0.39, 0.29) is 24.2 Å². The highest BCUT2D eigenvalue weighted by atomic mass is 32.1. The first-order valence-corrected chi connectivity index (χ1v) is 6.24. The molecule has 0 aromatic rings. The number of ketones is 1. The summed E-state index contributed by atoms with van der Waals surface area (Å²) in [6, 6.07) is 0. The van der Waals surface area contributed by atoms with Gasteiger partial charge in [-0.2, -0.15) is 12.6 Å². The second-order valence-corrected chi connectivity index (χ2v) is 4.11. The number of thiol groups is 1. The number of carbonyl (C=O) groups excluding carboxylic acids is 2. The maximum atomic E-state index is 11.3. The van der Waals surface area contributed by atoms with Crippen molar-refractivity contribution in [3.63, 3.8) is 0 Å². The summed E-state index contributed by atoms with van der Waals surface area (Å²) in [5.41, 5.74) is 0. The van der Waals surface area contributed by atoms with Crippen LogP contribution in [0.15, 0.2) is 0 Å².